The smallest absolute Gasteiger partial charge is 0.120 e. The molecule has 0 spiro atoms. The number of aryl methyl sites for hydroxylation is 2. The van der Waals surface area contributed by atoms with Crippen LogP contribution in [0.4, 0.5) is 0 Å². The molecule has 0 bridgehead atoms. The van der Waals surface area contributed by atoms with Gasteiger partial charge >= 0.3 is 0 Å². The molecule has 19 heavy (non-hydrogen) atoms. The Morgan fingerprint density at radius 2 is 1.84 bits per heavy atom. The molecule has 102 valence electrons. The van der Waals surface area contributed by atoms with Gasteiger partial charge in [0.2, 0.25) is 0 Å². The van der Waals surface area contributed by atoms with Crippen LogP contribution >= 0.6 is 0 Å². The van der Waals surface area contributed by atoms with Crippen molar-refractivity contribution in [3.8, 4) is 0 Å². The predicted molar refractivity (Wildman–Crippen MR) is 79.2 cm³/mol. The fraction of sp³-hybridized carbons (Fsp3) is 0.412. The largest absolute Gasteiger partial charge is 0.465 e. The summed E-state index contributed by atoms with van der Waals surface area (Å²) in [6.45, 7) is 5.17. The molecular formula is C17H23NO. The number of hydrogen-bond acceptors (Lipinski definition) is 2. The van der Waals surface area contributed by atoms with E-state index in [-0.39, 0.29) is 0 Å². The molecule has 2 heteroatoms. The number of nitrogens with one attached hydrogen (secondary N) is 1. The van der Waals surface area contributed by atoms with Crippen molar-refractivity contribution in [2.75, 3.05) is 6.54 Å². The fourth-order valence-corrected chi connectivity index (χ4v) is 2.20. The minimum absolute atomic E-state index is 0.297. The minimum Gasteiger partial charge on any atom is -0.465 e. The second-order valence-electron chi connectivity index (χ2n) is 5.07. The Bertz CT molecular complexity index is 475. The molecule has 0 amide bonds. The first-order valence-electron chi connectivity index (χ1n) is 7.09. The van der Waals surface area contributed by atoms with Gasteiger partial charge in [-0.25, -0.2) is 0 Å². The lowest BCUT2D eigenvalue weighted by molar-refractivity contribution is 0.413. The molecule has 1 N–H and O–H groups in total. The molecule has 1 aromatic carbocycles. The van der Waals surface area contributed by atoms with Crippen molar-refractivity contribution in [1.82, 2.24) is 5.32 Å². The normalized spacial score (nSPS) is 12.5. The summed E-state index contributed by atoms with van der Waals surface area (Å²) < 4.78 is 5.61. The molecule has 0 saturated carbocycles. The SMILES string of the molecule is Cc1ccc(C(C)NCCCCc2ccccc2)o1. The maximum Gasteiger partial charge on any atom is 0.120 e. The summed E-state index contributed by atoms with van der Waals surface area (Å²) in [4.78, 5) is 0. The Hall–Kier alpha value is -1.54. The van der Waals surface area contributed by atoms with Crippen LogP contribution in [0, 0.1) is 6.92 Å². The molecule has 0 saturated heterocycles. The lowest BCUT2D eigenvalue weighted by Gasteiger charge is -2.11. The first-order valence-corrected chi connectivity index (χ1v) is 7.09. The van der Waals surface area contributed by atoms with Gasteiger partial charge in [-0.15, -0.1) is 0 Å². The zero-order valence-corrected chi connectivity index (χ0v) is 11.9. The van der Waals surface area contributed by atoms with E-state index in [2.05, 4.69) is 48.6 Å². The van der Waals surface area contributed by atoms with E-state index in [9.17, 15) is 0 Å². The summed E-state index contributed by atoms with van der Waals surface area (Å²) in [5.41, 5.74) is 1.43. The molecule has 2 rings (SSSR count). The van der Waals surface area contributed by atoms with Crippen molar-refractivity contribution in [3.63, 3.8) is 0 Å². The van der Waals surface area contributed by atoms with Crippen LogP contribution in [0.15, 0.2) is 46.9 Å². The first-order chi connectivity index (χ1) is 9.25. The zero-order valence-electron chi connectivity index (χ0n) is 11.9. The van der Waals surface area contributed by atoms with Crippen molar-refractivity contribution < 1.29 is 4.42 Å². The topological polar surface area (TPSA) is 25.2 Å². The predicted octanol–water partition coefficient (Wildman–Crippen LogP) is 4.26. The summed E-state index contributed by atoms with van der Waals surface area (Å²) in [6.07, 6.45) is 3.58. The highest BCUT2D eigenvalue weighted by molar-refractivity contribution is 5.14. The second-order valence-corrected chi connectivity index (χ2v) is 5.07. The number of furan rings is 1. The number of unbranched alkanes of at least 4 members (excludes halogenated alkanes) is 1. The average molecular weight is 257 g/mol. The van der Waals surface area contributed by atoms with Crippen molar-refractivity contribution in [2.24, 2.45) is 0 Å². The lowest BCUT2D eigenvalue weighted by atomic mass is 10.1. The summed E-state index contributed by atoms with van der Waals surface area (Å²) >= 11 is 0. The molecule has 1 heterocycles. The van der Waals surface area contributed by atoms with E-state index in [1.807, 2.05) is 13.0 Å². The van der Waals surface area contributed by atoms with Gasteiger partial charge in [-0.1, -0.05) is 30.3 Å². The molecule has 1 unspecified atom stereocenters. The Balaban J connectivity index is 1.62. The molecule has 1 atom stereocenters. The van der Waals surface area contributed by atoms with Crippen molar-refractivity contribution >= 4 is 0 Å². The third-order valence-corrected chi connectivity index (χ3v) is 3.37. The van der Waals surface area contributed by atoms with Crippen LogP contribution in [0.2, 0.25) is 0 Å². The molecule has 0 aliphatic rings. The van der Waals surface area contributed by atoms with Crippen LogP contribution in [0.1, 0.15) is 42.9 Å². The van der Waals surface area contributed by atoms with Gasteiger partial charge < -0.3 is 9.73 Å². The molecule has 0 radical (unpaired) electrons. The second kappa shape index (κ2) is 7.15. The van der Waals surface area contributed by atoms with E-state index in [0.29, 0.717) is 6.04 Å². The van der Waals surface area contributed by atoms with Crippen LogP contribution in [-0.4, -0.2) is 6.54 Å². The highest BCUT2D eigenvalue weighted by Crippen LogP contribution is 2.15. The van der Waals surface area contributed by atoms with E-state index in [1.54, 1.807) is 0 Å². The van der Waals surface area contributed by atoms with Gasteiger partial charge in [0.1, 0.15) is 11.5 Å². The number of benzene rings is 1. The Labute approximate surface area is 115 Å². The summed E-state index contributed by atoms with van der Waals surface area (Å²) in [7, 11) is 0. The Kier molecular flexibility index (Phi) is 5.22. The van der Waals surface area contributed by atoms with Gasteiger partial charge in [-0.05, 0) is 57.4 Å². The molecule has 0 aliphatic carbocycles. The standard InChI is InChI=1S/C17H23NO/c1-14-11-12-17(19-14)15(2)18-13-7-6-10-16-8-4-3-5-9-16/h3-5,8-9,11-12,15,18H,6-7,10,13H2,1-2H3. The van der Waals surface area contributed by atoms with Gasteiger partial charge in [0.15, 0.2) is 0 Å². The monoisotopic (exact) mass is 257 g/mol. The van der Waals surface area contributed by atoms with Crippen LogP contribution in [0.3, 0.4) is 0 Å². The number of rotatable bonds is 7. The van der Waals surface area contributed by atoms with Gasteiger partial charge in [0.25, 0.3) is 0 Å². The van der Waals surface area contributed by atoms with Crippen molar-refractivity contribution in [3.05, 3.63) is 59.5 Å². The van der Waals surface area contributed by atoms with Crippen molar-refractivity contribution in [1.29, 1.82) is 0 Å². The van der Waals surface area contributed by atoms with Gasteiger partial charge in [0, 0.05) is 0 Å². The summed E-state index contributed by atoms with van der Waals surface area (Å²) in [5, 5.41) is 3.50. The van der Waals surface area contributed by atoms with Crippen LogP contribution in [0.5, 0.6) is 0 Å². The Morgan fingerprint density at radius 1 is 1.05 bits per heavy atom. The van der Waals surface area contributed by atoms with E-state index in [0.717, 1.165) is 24.5 Å². The quantitative estimate of drug-likeness (QED) is 0.750. The molecule has 0 aliphatic heterocycles. The zero-order chi connectivity index (χ0) is 13.5. The van der Waals surface area contributed by atoms with E-state index in [1.165, 1.54) is 18.4 Å². The third-order valence-electron chi connectivity index (χ3n) is 3.37. The van der Waals surface area contributed by atoms with Gasteiger partial charge in [-0.3, -0.25) is 0 Å². The molecule has 0 fully saturated rings. The maximum atomic E-state index is 5.61. The van der Waals surface area contributed by atoms with E-state index >= 15 is 0 Å². The van der Waals surface area contributed by atoms with Crippen LogP contribution < -0.4 is 5.32 Å². The van der Waals surface area contributed by atoms with E-state index < -0.39 is 0 Å². The van der Waals surface area contributed by atoms with Crippen molar-refractivity contribution in [2.45, 2.75) is 39.2 Å². The molecule has 2 aromatic rings. The van der Waals surface area contributed by atoms with E-state index in [4.69, 9.17) is 4.42 Å². The molecular weight excluding hydrogens is 234 g/mol. The average Bonchev–Trinajstić information content (AvgIpc) is 2.86. The minimum atomic E-state index is 0.297. The molecule has 1 aromatic heterocycles. The van der Waals surface area contributed by atoms with Crippen LogP contribution in [-0.2, 0) is 6.42 Å². The van der Waals surface area contributed by atoms with Gasteiger partial charge in [0.05, 0.1) is 6.04 Å². The van der Waals surface area contributed by atoms with Crippen LogP contribution in [0.25, 0.3) is 0 Å². The third kappa shape index (κ3) is 4.56. The highest BCUT2D eigenvalue weighted by Gasteiger charge is 2.07. The fourth-order valence-electron chi connectivity index (χ4n) is 2.20. The number of hydrogen-bond donors (Lipinski definition) is 1. The lowest BCUT2D eigenvalue weighted by Crippen LogP contribution is -2.19. The molecule has 2 nitrogen and oxygen atoms in total. The first kappa shape index (κ1) is 13.9. The summed E-state index contributed by atoms with van der Waals surface area (Å²) in [6, 6.07) is 15.0. The maximum absolute atomic E-state index is 5.61. The Morgan fingerprint density at radius 3 is 2.53 bits per heavy atom. The van der Waals surface area contributed by atoms with Gasteiger partial charge in [-0.2, -0.15) is 0 Å². The highest BCUT2D eigenvalue weighted by atomic mass is 16.3. The summed E-state index contributed by atoms with van der Waals surface area (Å²) in [5.74, 6) is 2.01.